The van der Waals surface area contributed by atoms with Crippen molar-refractivity contribution >= 4 is 394 Å². The molecule has 0 amide bonds. The van der Waals surface area contributed by atoms with Crippen LogP contribution >= 0.6 is 249 Å². The fourth-order valence-corrected chi connectivity index (χ4v) is 26.7. The smallest absolute Gasteiger partial charge is 0.154 e. The van der Waals surface area contributed by atoms with Crippen LogP contribution in [-0.2, 0) is 0 Å². The Labute approximate surface area is 855 Å². The third kappa shape index (κ3) is 19.6. The molecule has 630 valence electrons. The first-order valence-corrected chi connectivity index (χ1v) is 52.2. The Morgan fingerprint density at radius 3 is 1.34 bits per heavy atom. The number of thiophene rings is 5. The molecule has 0 atom stereocenters. The largest absolute Gasteiger partial charge is 0.456 e. The van der Waals surface area contributed by atoms with Crippen molar-refractivity contribution in [2.45, 2.75) is 0 Å². The zero-order chi connectivity index (χ0) is 88.8. The van der Waals surface area contributed by atoms with Crippen molar-refractivity contribution in [2.75, 3.05) is 0 Å². The fourth-order valence-electron chi connectivity index (χ4n) is 15.8. The highest BCUT2D eigenvalue weighted by atomic mass is 79.9. The fraction of sp³-hybridized carbons (Fsp3) is 0. The lowest BCUT2D eigenvalue weighted by atomic mass is 9.98. The quantitative estimate of drug-likeness (QED) is 0.176. The Bertz CT molecular complexity index is 8550. The summed E-state index contributed by atoms with van der Waals surface area (Å²) in [6.45, 7) is 0. The predicted molar refractivity (Wildman–Crippen MR) is 595 cm³/mol. The molecule has 21 heteroatoms. The van der Waals surface area contributed by atoms with Crippen LogP contribution in [0, 0.1) is 0 Å². The minimum Gasteiger partial charge on any atom is -0.456 e. The van der Waals surface area contributed by atoms with E-state index in [1.807, 2.05) is 162 Å². The highest BCUT2D eigenvalue weighted by Gasteiger charge is 2.19. The van der Waals surface area contributed by atoms with Gasteiger partial charge < -0.3 is 8.83 Å². The van der Waals surface area contributed by atoms with Gasteiger partial charge in [-0.3, -0.25) is 0 Å². The van der Waals surface area contributed by atoms with Gasteiger partial charge in [0.25, 0.3) is 0 Å². The van der Waals surface area contributed by atoms with Crippen LogP contribution in [0.15, 0.2) is 392 Å². The van der Waals surface area contributed by atoms with Crippen molar-refractivity contribution in [3.63, 3.8) is 0 Å². The zero-order valence-electron chi connectivity index (χ0n) is 66.6. The van der Waals surface area contributed by atoms with E-state index in [1.165, 1.54) is 118 Å². The molecule has 0 radical (unpaired) electrons. The summed E-state index contributed by atoms with van der Waals surface area (Å²) in [7, 11) is 0. The predicted octanol–water partition coefficient (Wildman–Crippen LogP) is 44.0. The molecule has 0 spiro atoms. The van der Waals surface area contributed by atoms with Gasteiger partial charge in [-0.25, -0.2) is 0 Å². The van der Waals surface area contributed by atoms with Crippen molar-refractivity contribution in [3.8, 4) is 44.5 Å². The number of hydrogen-bond acceptors (Lipinski definition) is 7. The second-order valence-electron chi connectivity index (χ2n) is 29.8. The van der Waals surface area contributed by atoms with E-state index in [-0.39, 0.29) is 0 Å². The molecule has 0 bridgehead atoms. The number of halogens is 14. The first-order valence-electron chi connectivity index (χ1n) is 39.9. The summed E-state index contributed by atoms with van der Waals surface area (Å²) in [5, 5.41) is 22.5. The lowest BCUT2D eigenvalue weighted by molar-refractivity contribution is 0.668. The number of rotatable bonds is 4. The van der Waals surface area contributed by atoms with Crippen molar-refractivity contribution < 1.29 is 8.83 Å². The summed E-state index contributed by atoms with van der Waals surface area (Å²) >= 11 is 76.5. The van der Waals surface area contributed by atoms with E-state index in [4.69, 9.17) is 90.0 Å². The summed E-state index contributed by atoms with van der Waals surface area (Å²) in [6, 6.07) is 120. The Morgan fingerprint density at radius 2 is 0.643 bits per heavy atom. The maximum absolute atomic E-state index is 6.22. The van der Waals surface area contributed by atoms with Gasteiger partial charge in [0.2, 0.25) is 0 Å². The van der Waals surface area contributed by atoms with E-state index in [0.29, 0.717) is 5.02 Å². The summed E-state index contributed by atoms with van der Waals surface area (Å²) in [6.07, 6.45) is 0. The number of fused-ring (bicyclic) bond motifs is 21. The standard InChI is InChI=1S/C24H14BrClO.2C18H10BrClS.C12H6BrClO.3C12H6BrClS/c25-21-8-3-9-22-24(21)20-11-10-18(14-23(20)27-22)16-5-1-4-15(12-16)17-6-2-7-19(26)13-17;19-12-9-15(11-4-3-5-13(20)8-11)18-16(10-12)14-6-1-2-7-17(14)21-18;19-15-9-12(11-5-7-13(20)8-6-11)10-17-18(15)14-3-1-2-4-16(14)21-17;13-8-4-2-6-10-11(8)7-3-1-5-9(14)12(7)15-10;13-7-1-4-11-10(5-7)9-3-2-8(14)6-12(9)15-11;13-7-1-3-9-10-4-2-8(14)6-12(10)15-11(9)5-7;13-7-4-5-10-8(6-7)12-9(14)2-1-3-11(12)15-10/h1-14H;2*1-10H;4*1-6H. The van der Waals surface area contributed by atoms with E-state index in [1.54, 1.807) is 34.0 Å². The van der Waals surface area contributed by atoms with Gasteiger partial charge in [0, 0.05) is 189 Å². The minimum absolute atomic E-state index is 0.649. The molecule has 0 fully saturated rings. The lowest BCUT2D eigenvalue weighted by Gasteiger charge is -2.07. The third-order valence-corrected chi connectivity index (χ3v) is 33.0. The number of para-hydroxylation sites is 1. The molecule has 25 aromatic rings. The third-order valence-electron chi connectivity index (χ3n) is 21.6. The van der Waals surface area contributed by atoms with Crippen LogP contribution in [0.4, 0.5) is 0 Å². The second-order valence-corrected chi connectivity index (χ2v) is 44.5. The molecule has 129 heavy (non-hydrogen) atoms. The van der Waals surface area contributed by atoms with Crippen molar-refractivity contribution in [1.29, 1.82) is 0 Å². The van der Waals surface area contributed by atoms with Crippen LogP contribution in [0.5, 0.6) is 0 Å². The maximum atomic E-state index is 6.22. The topological polar surface area (TPSA) is 26.3 Å². The first kappa shape index (κ1) is 90.2. The molecule has 18 aromatic carbocycles. The van der Waals surface area contributed by atoms with Gasteiger partial charge in [-0.05, 0) is 245 Å². The molecule has 0 saturated heterocycles. The van der Waals surface area contributed by atoms with Crippen molar-refractivity contribution in [1.82, 2.24) is 0 Å². The van der Waals surface area contributed by atoms with Gasteiger partial charge in [0.1, 0.15) is 16.7 Å². The van der Waals surface area contributed by atoms with Crippen LogP contribution in [0.3, 0.4) is 0 Å². The molecule has 7 aromatic heterocycles. The molecule has 0 aliphatic rings. The molecule has 0 unspecified atom stereocenters. The number of benzene rings is 18. The highest BCUT2D eigenvalue weighted by Crippen LogP contribution is 2.48. The van der Waals surface area contributed by atoms with E-state index in [0.717, 1.165) is 133 Å². The Balaban J connectivity index is 0.0000000988. The second kappa shape index (κ2) is 39.7. The van der Waals surface area contributed by atoms with Gasteiger partial charge in [0.05, 0.1) is 5.02 Å². The Kier molecular flexibility index (Phi) is 27.8. The van der Waals surface area contributed by atoms with Crippen LogP contribution in [0.25, 0.3) is 189 Å². The van der Waals surface area contributed by atoms with Crippen molar-refractivity contribution in [3.05, 3.63) is 418 Å². The molecule has 25 rings (SSSR count). The van der Waals surface area contributed by atoms with Gasteiger partial charge in [-0.15, -0.1) is 56.7 Å². The van der Waals surface area contributed by atoms with Gasteiger partial charge in [-0.1, -0.05) is 338 Å². The van der Waals surface area contributed by atoms with Crippen LogP contribution in [0.2, 0.25) is 35.2 Å². The Morgan fingerprint density at radius 1 is 0.194 bits per heavy atom. The summed E-state index contributed by atoms with van der Waals surface area (Å²) in [5.41, 5.74) is 12.7. The SMILES string of the molecule is Clc1ccc(-c2cc(Br)c3c(c2)sc2ccccc23)cc1.Clc1ccc2c(c1)sc1cc(Br)ccc12.Clc1ccc2c(c1)sc1ccc(Br)cc12.Clc1cccc(-c2cc(Br)cc3c2sc2ccccc23)c1.Clc1cccc(-c2cccc(-c3ccc4c(c3)oc3cccc(Br)c34)c2)c1.Clc1cccc2c1oc1cccc(Br)c12.Clc1cccc2sc3ccc(Br)cc3c12. The van der Waals surface area contributed by atoms with Crippen LogP contribution in [0.1, 0.15) is 0 Å². The highest BCUT2D eigenvalue weighted by molar-refractivity contribution is 9.11. The molecule has 0 aliphatic carbocycles. The van der Waals surface area contributed by atoms with E-state index in [9.17, 15) is 0 Å². The normalized spacial score (nSPS) is 11.3. The molecule has 0 saturated carbocycles. The Hall–Kier alpha value is -7.95. The number of hydrogen-bond donors (Lipinski definition) is 0. The zero-order valence-corrected chi connectivity index (χ0v) is 87.1. The summed E-state index contributed by atoms with van der Waals surface area (Å²) in [4.78, 5) is 0. The molecule has 2 nitrogen and oxygen atoms in total. The minimum atomic E-state index is 0.649. The summed E-state index contributed by atoms with van der Waals surface area (Å²) < 4.78 is 32.3. The monoisotopic (exact) mass is 2340 g/mol. The molecule has 0 aliphatic heterocycles. The first-order chi connectivity index (χ1) is 62.6. The number of furan rings is 2. The lowest BCUT2D eigenvalue weighted by Crippen LogP contribution is -1.81. The summed E-state index contributed by atoms with van der Waals surface area (Å²) in [5.74, 6) is 0. The molecular weight excluding hydrogens is 2300 g/mol. The van der Waals surface area contributed by atoms with Gasteiger partial charge >= 0.3 is 0 Å². The molecular formula is C108H58Br7Cl7O2S5. The van der Waals surface area contributed by atoms with Crippen molar-refractivity contribution in [2.24, 2.45) is 0 Å². The van der Waals surface area contributed by atoms with E-state index < -0.39 is 0 Å². The van der Waals surface area contributed by atoms with Crippen LogP contribution in [-0.4, -0.2) is 0 Å². The van der Waals surface area contributed by atoms with E-state index in [2.05, 4.69) is 324 Å². The average Bonchev–Trinajstić information content (AvgIpc) is 1.61. The maximum Gasteiger partial charge on any atom is 0.154 e. The average molecular weight is 2360 g/mol. The molecule has 0 N–H and O–H groups in total. The van der Waals surface area contributed by atoms with Gasteiger partial charge in [0.15, 0.2) is 5.58 Å². The molecule has 7 heterocycles. The van der Waals surface area contributed by atoms with E-state index >= 15 is 0 Å². The van der Waals surface area contributed by atoms with Crippen LogP contribution < -0.4 is 0 Å². The van der Waals surface area contributed by atoms with Gasteiger partial charge in [-0.2, -0.15) is 0 Å².